The van der Waals surface area contributed by atoms with Crippen molar-refractivity contribution in [2.24, 2.45) is 5.73 Å². The molecule has 4 heteroatoms. The summed E-state index contributed by atoms with van der Waals surface area (Å²) in [6.45, 7) is 6.94. The molecule has 1 aliphatic rings. The number of ether oxygens (including phenoxy) is 1. The summed E-state index contributed by atoms with van der Waals surface area (Å²) >= 11 is 3.53. The topological polar surface area (TPSA) is 38.5 Å². The molecule has 0 amide bonds. The van der Waals surface area contributed by atoms with Gasteiger partial charge in [-0.15, -0.1) is 0 Å². The molecule has 1 aromatic carbocycles. The third-order valence-corrected chi connectivity index (χ3v) is 4.09. The van der Waals surface area contributed by atoms with Crippen molar-refractivity contribution in [2.75, 3.05) is 24.6 Å². The van der Waals surface area contributed by atoms with E-state index in [9.17, 15) is 0 Å². The number of rotatable bonds is 4. The van der Waals surface area contributed by atoms with Gasteiger partial charge in [0, 0.05) is 35.9 Å². The number of piperidine rings is 1. The van der Waals surface area contributed by atoms with Gasteiger partial charge < -0.3 is 15.4 Å². The molecule has 0 bridgehead atoms. The molecule has 19 heavy (non-hydrogen) atoms. The highest BCUT2D eigenvalue weighted by atomic mass is 79.9. The second kappa shape index (κ2) is 6.73. The zero-order valence-electron chi connectivity index (χ0n) is 11.7. The monoisotopic (exact) mass is 326 g/mol. The van der Waals surface area contributed by atoms with E-state index < -0.39 is 0 Å². The quantitative estimate of drug-likeness (QED) is 0.920. The van der Waals surface area contributed by atoms with Crippen molar-refractivity contribution in [3.05, 3.63) is 28.2 Å². The van der Waals surface area contributed by atoms with E-state index >= 15 is 0 Å². The normalized spacial score (nSPS) is 21.5. The SMILES string of the molecule is CCOC1CCCN(c2ccc(Br)cc2C(C)N)C1. The molecule has 0 aromatic heterocycles. The van der Waals surface area contributed by atoms with E-state index in [-0.39, 0.29) is 6.04 Å². The average Bonchev–Trinajstić information content (AvgIpc) is 2.39. The minimum Gasteiger partial charge on any atom is -0.377 e. The van der Waals surface area contributed by atoms with Gasteiger partial charge in [-0.1, -0.05) is 15.9 Å². The first kappa shape index (κ1) is 14.8. The van der Waals surface area contributed by atoms with Crippen molar-refractivity contribution in [3.8, 4) is 0 Å². The summed E-state index contributed by atoms with van der Waals surface area (Å²) < 4.78 is 6.86. The van der Waals surface area contributed by atoms with Crippen LogP contribution in [-0.2, 0) is 4.74 Å². The van der Waals surface area contributed by atoms with Gasteiger partial charge in [0.05, 0.1) is 6.10 Å². The minimum absolute atomic E-state index is 0.0416. The van der Waals surface area contributed by atoms with Crippen LogP contribution in [0.15, 0.2) is 22.7 Å². The molecule has 0 aliphatic carbocycles. The molecule has 2 N–H and O–H groups in total. The van der Waals surface area contributed by atoms with Crippen molar-refractivity contribution < 1.29 is 4.74 Å². The van der Waals surface area contributed by atoms with Gasteiger partial charge in [-0.25, -0.2) is 0 Å². The van der Waals surface area contributed by atoms with E-state index in [1.54, 1.807) is 0 Å². The smallest absolute Gasteiger partial charge is 0.0750 e. The van der Waals surface area contributed by atoms with Gasteiger partial charge in [-0.05, 0) is 50.5 Å². The summed E-state index contributed by atoms with van der Waals surface area (Å²) in [6.07, 6.45) is 2.69. The Morgan fingerprint density at radius 1 is 1.53 bits per heavy atom. The largest absolute Gasteiger partial charge is 0.377 e. The highest BCUT2D eigenvalue weighted by Crippen LogP contribution is 2.30. The molecule has 1 aliphatic heterocycles. The maximum absolute atomic E-state index is 6.10. The Morgan fingerprint density at radius 2 is 2.32 bits per heavy atom. The predicted octanol–water partition coefficient (Wildman–Crippen LogP) is 3.47. The standard InChI is InChI=1S/C15H23BrN2O/c1-3-19-13-5-4-8-18(10-13)15-7-6-12(16)9-14(15)11(2)17/h6-7,9,11,13H,3-5,8,10,17H2,1-2H3. The Kier molecular flexibility index (Phi) is 5.25. The fraction of sp³-hybridized carbons (Fsp3) is 0.600. The van der Waals surface area contributed by atoms with Crippen LogP contribution < -0.4 is 10.6 Å². The van der Waals surface area contributed by atoms with Crippen molar-refractivity contribution in [2.45, 2.75) is 38.8 Å². The summed E-state index contributed by atoms with van der Waals surface area (Å²) in [5, 5.41) is 0. The van der Waals surface area contributed by atoms with E-state index in [1.807, 2.05) is 6.92 Å². The summed E-state index contributed by atoms with van der Waals surface area (Å²) in [4.78, 5) is 2.41. The van der Waals surface area contributed by atoms with Gasteiger partial charge in [0.2, 0.25) is 0 Å². The van der Waals surface area contributed by atoms with Gasteiger partial charge >= 0.3 is 0 Å². The Balaban J connectivity index is 2.20. The van der Waals surface area contributed by atoms with Gasteiger partial charge in [0.15, 0.2) is 0 Å². The predicted molar refractivity (Wildman–Crippen MR) is 83.6 cm³/mol. The van der Waals surface area contributed by atoms with Crippen LogP contribution in [0.2, 0.25) is 0 Å². The molecule has 1 heterocycles. The third kappa shape index (κ3) is 3.71. The Labute approximate surface area is 124 Å². The summed E-state index contributed by atoms with van der Waals surface area (Å²) in [5.41, 5.74) is 8.56. The molecule has 2 atom stereocenters. The summed E-state index contributed by atoms with van der Waals surface area (Å²) in [6, 6.07) is 6.42. The zero-order chi connectivity index (χ0) is 13.8. The number of anilines is 1. The lowest BCUT2D eigenvalue weighted by Crippen LogP contribution is -2.40. The number of nitrogens with zero attached hydrogens (tertiary/aromatic N) is 1. The van der Waals surface area contributed by atoms with Gasteiger partial charge in [0.25, 0.3) is 0 Å². The van der Waals surface area contributed by atoms with E-state index in [0.29, 0.717) is 6.10 Å². The molecule has 3 nitrogen and oxygen atoms in total. The van der Waals surface area contributed by atoms with Crippen LogP contribution in [-0.4, -0.2) is 25.8 Å². The van der Waals surface area contributed by atoms with Gasteiger partial charge in [-0.2, -0.15) is 0 Å². The molecule has 0 spiro atoms. The van der Waals surface area contributed by atoms with Crippen LogP contribution in [0.4, 0.5) is 5.69 Å². The second-order valence-corrected chi connectivity index (χ2v) is 6.07. The van der Waals surface area contributed by atoms with E-state index in [1.165, 1.54) is 17.7 Å². The molecule has 1 fully saturated rings. The molecular weight excluding hydrogens is 304 g/mol. The lowest BCUT2D eigenvalue weighted by Gasteiger charge is -2.36. The molecule has 1 aromatic rings. The van der Waals surface area contributed by atoms with Crippen LogP contribution in [0, 0.1) is 0 Å². The van der Waals surface area contributed by atoms with E-state index in [2.05, 4.69) is 46.0 Å². The molecule has 0 radical (unpaired) electrons. The highest BCUT2D eigenvalue weighted by Gasteiger charge is 2.22. The maximum atomic E-state index is 6.10. The lowest BCUT2D eigenvalue weighted by molar-refractivity contribution is 0.0526. The Hall–Kier alpha value is -0.580. The third-order valence-electron chi connectivity index (χ3n) is 3.60. The van der Waals surface area contributed by atoms with Crippen molar-refractivity contribution in [3.63, 3.8) is 0 Å². The van der Waals surface area contributed by atoms with Crippen LogP contribution >= 0.6 is 15.9 Å². The van der Waals surface area contributed by atoms with Crippen LogP contribution in [0.1, 0.15) is 38.3 Å². The van der Waals surface area contributed by atoms with Crippen LogP contribution in [0.3, 0.4) is 0 Å². The Morgan fingerprint density at radius 3 is 3.00 bits per heavy atom. The van der Waals surface area contributed by atoms with Crippen LogP contribution in [0.25, 0.3) is 0 Å². The Bertz CT molecular complexity index is 421. The zero-order valence-corrected chi connectivity index (χ0v) is 13.3. The first-order valence-electron chi connectivity index (χ1n) is 7.03. The number of nitrogens with two attached hydrogens (primary N) is 1. The van der Waals surface area contributed by atoms with E-state index in [4.69, 9.17) is 10.5 Å². The number of hydrogen-bond donors (Lipinski definition) is 1. The number of halogens is 1. The van der Waals surface area contributed by atoms with E-state index in [0.717, 1.165) is 30.6 Å². The molecule has 0 saturated carbocycles. The highest BCUT2D eigenvalue weighted by molar-refractivity contribution is 9.10. The first-order valence-corrected chi connectivity index (χ1v) is 7.82. The van der Waals surface area contributed by atoms with Crippen LogP contribution in [0.5, 0.6) is 0 Å². The van der Waals surface area contributed by atoms with Crippen molar-refractivity contribution in [1.82, 2.24) is 0 Å². The van der Waals surface area contributed by atoms with Crippen molar-refractivity contribution in [1.29, 1.82) is 0 Å². The van der Waals surface area contributed by atoms with Gasteiger partial charge in [0.1, 0.15) is 0 Å². The fourth-order valence-electron chi connectivity index (χ4n) is 2.71. The molecule has 2 unspecified atom stereocenters. The summed E-state index contributed by atoms with van der Waals surface area (Å²) in [5.74, 6) is 0. The number of hydrogen-bond acceptors (Lipinski definition) is 3. The minimum atomic E-state index is 0.0416. The maximum Gasteiger partial charge on any atom is 0.0750 e. The van der Waals surface area contributed by atoms with Crippen molar-refractivity contribution >= 4 is 21.6 Å². The molecule has 1 saturated heterocycles. The average molecular weight is 327 g/mol. The lowest BCUT2D eigenvalue weighted by atomic mass is 10.0. The summed E-state index contributed by atoms with van der Waals surface area (Å²) in [7, 11) is 0. The fourth-order valence-corrected chi connectivity index (χ4v) is 3.09. The molecule has 2 rings (SSSR count). The number of benzene rings is 1. The molecule has 106 valence electrons. The molecular formula is C15H23BrN2O. The van der Waals surface area contributed by atoms with Gasteiger partial charge in [-0.3, -0.25) is 0 Å². The first-order chi connectivity index (χ1) is 9.11. The second-order valence-electron chi connectivity index (χ2n) is 5.16.